The van der Waals surface area contributed by atoms with E-state index in [4.69, 9.17) is 4.74 Å². The second kappa shape index (κ2) is 5.73. The SMILES string of the molecule is C=Cc1ccc(COCC[SiH3])cc1. The van der Waals surface area contributed by atoms with Gasteiger partial charge in [-0.25, -0.2) is 0 Å². The van der Waals surface area contributed by atoms with Crippen LogP contribution in [0.2, 0.25) is 6.04 Å². The van der Waals surface area contributed by atoms with E-state index in [1.54, 1.807) is 0 Å². The lowest BCUT2D eigenvalue weighted by Crippen LogP contribution is -1.94. The highest BCUT2D eigenvalue weighted by Gasteiger charge is 1.91. The summed E-state index contributed by atoms with van der Waals surface area (Å²) in [6.07, 6.45) is 1.85. The molecule has 13 heavy (non-hydrogen) atoms. The van der Waals surface area contributed by atoms with Crippen LogP contribution in [-0.2, 0) is 11.3 Å². The molecule has 1 nitrogen and oxygen atoms in total. The molecule has 0 saturated heterocycles. The Morgan fingerprint density at radius 1 is 1.31 bits per heavy atom. The van der Waals surface area contributed by atoms with E-state index in [0.717, 1.165) is 18.8 Å². The Labute approximate surface area is 82.9 Å². The number of ether oxygens (including phenoxy) is 1. The molecule has 0 fully saturated rings. The first-order valence-corrected chi connectivity index (χ1v) is 6.07. The Bertz CT molecular complexity index is 253. The van der Waals surface area contributed by atoms with E-state index in [0.29, 0.717) is 0 Å². The monoisotopic (exact) mass is 192 g/mol. The van der Waals surface area contributed by atoms with Crippen LogP contribution in [0, 0.1) is 0 Å². The lowest BCUT2D eigenvalue weighted by Gasteiger charge is -2.02. The molecule has 70 valence electrons. The van der Waals surface area contributed by atoms with Gasteiger partial charge in [-0.3, -0.25) is 0 Å². The van der Waals surface area contributed by atoms with E-state index in [9.17, 15) is 0 Å². The molecule has 0 radical (unpaired) electrons. The average molecular weight is 192 g/mol. The minimum Gasteiger partial charge on any atom is -0.377 e. The predicted molar refractivity (Wildman–Crippen MR) is 60.9 cm³/mol. The Balaban J connectivity index is 2.44. The van der Waals surface area contributed by atoms with Crippen LogP contribution in [-0.4, -0.2) is 16.8 Å². The first kappa shape index (κ1) is 10.2. The third-order valence-corrected chi connectivity index (χ3v) is 2.24. The van der Waals surface area contributed by atoms with Crippen molar-refractivity contribution >= 4 is 16.3 Å². The Morgan fingerprint density at radius 3 is 2.54 bits per heavy atom. The van der Waals surface area contributed by atoms with Crippen molar-refractivity contribution < 1.29 is 4.74 Å². The molecular weight excluding hydrogens is 176 g/mol. The first-order valence-electron chi connectivity index (χ1n) is 4.66. The van der Waals surface area contributed by atoms with E-state index in [1.165, 1.54) is 21.9 Å². The van der Waals surface area contributed by atoms with Crippen molar-refractivity contribution in [1.82, 2.24) is 0 Å². The van der Waals surface area contributed by atoms with Gasteiger partial charge in [-0.05, 0) is 17.2 Å². The molecule has 2 heteroatoms. The highest BCUT2D eigenvalue weighted by atomic mass is 28.1. The summed E-state index contributed by atoms with van der Waals surface area (Å²) in [7, 11) is 1.23. The standard InChI is InChI=1S/C11H16OSi/c1-2-10-3-5-11(6-4-10)9-12-7-8-13/h2-6H,1,7-9H2,13H3. The van der Waals surface area contributed by atoms with E-state index >= 15 is 0 Å². The number of hydrogen-bond donors (Lipinski definition) is 0. The Hall–Kier alpha value is -0.863. The fourth-order valence-corrected chi connectivity index (χ4v) is 1.37. The lowest BCUT2D eigenvalue weighted by molar-refractivity contribution is 0.134. The Morgan fingerprint density at radius 2 is 2.00 bits per heavy atom. The second-order valence-electron chi connectivity index (χ2n) is 3.00. The number of rotatable bonds is 5. The molecule has 0 spiro atoms. The van der Waals surface area contributed by atoms with Crippen molar-refractivity contribution in [3.05, 3.63) is 42.0 Å². The maximum atomic E-state index is 5.45. The molecule has 0 aliphatic heterocycles. The molecule has 0 aliphatic rings. The zero-order chi connectivity index (χ0) is 9.52. The van der Waals surface area contributed by atoms with Gasteiger partial charge in [0, 0.05) is 16.8 Å². The molecule has 0 amide bonds. The fraction of sp³-hybridized carbons (Fsp3) is 0.273. The van der Waals surface area contributed by atoms with Crippen molar-refractivity contribution in [2.24, 2.45) is 0 Å². The maximum Gasteiger partial charge on any atom is 0.0716 e. The zero-order valence-corrected chi connectivity index (χ0v) is 10.1. The normalized spacial score (nSPS) is 10.2. The minimum atomic E-state index is 0.736. The maximum absolute atomic E-state index is 5.45. The quantitative estimate of drug-likeness (QED) is 0.509. The van der Waals surface area contributed by atoms with Gasteiger partial charge in [0.05, 0.1) is 6.61 Å². The fourth-order valence-electron chi connectivity index (χ4n) is 1.08. The third-order valence-electron chi connectivity index (χ3n) is 1.83. The van der Waals surface area contributed by atoms with Gasteiger partial charge in [0.1, 0.15) is 0 Å². The zero-order valence-electron chi connectivity index (χ0n) is 8.12. The van der Waals surface area contributed by atoms with Crippen molar-refractivity contribution in [2.45, 2.75) is 12.7 Å². The molecule has 0 aliphatic carbocycles. The molecule has 0 atom stereocenters. The smallest absolute Gasteiger partial charge is 0.0716 e. The van der Waals surface area contributed by atoms with Crippen LogP contribution >= 0.6 is 0 Å². The van der Waals surface area contributed by atoms with Gasteiger partial charge in [-0.2, -0.15) is 0 Å². The van der Waals surface area contributed by atoms with Gasteiger partial charge in [0.2, 0.25) is 0 Å². The highest BCUT2D eigenvalue weighted by Crippen LogP contribution is 2.06. The average Bonchev–Trinajstić information content (AvgIpc) is 2.19. The summed E-state index contributed by atoms with van der Waals surface area (Å²) in [5.74, 6) is 0. The second-order valence-corrected chi connectivity index (χ2v) is 4.00. The van der Waals surface area contributed by atoms with Crippen LogP contribution in [0.3, 0.4) is 0 Å². The van der Waals surface area contributed by atoms with Crippen LogP contribution in [0.4, 0.5) is 0 Å². The summed E-state index contributed by atoms with van der Waals surface area (Å²) < 4.78 is 5.45. The molecular formula is C11H16OSi. The molecule has 1 rings (SSSR count). The van der Waals surface area contributed by atoms with Gasteiger partial charge in [-0.15, -0.1) is 0 Å². The molecule has 1 aromatic carbocycles. The minimum absolute atomic E-state index is 0.736. The van der Waals surface area contributed by atoms with E-state index < -0.39 is 0 Å². The molecule has 0 saturated carbocycles. The van der Waals surface area contributed by atoms with Gasteiger partial charge >= 0.3 is 0 Å². The van der Waals surface area contributed by atoms with E-state index in [1.807, 2.05) is 6.08 Å². The van der Waals surface area contributed by atoms with Crippen LogP contribution in [0.15, 0.2) is 30.8 Å². The van der Waals surface area contributed by atoms with Crippen molar-refractivity contribution in [1.29, 1.82) is 0 Å². The number of hydrogen-bond acceptors (Lipinski definition) is 1. The lowest BCUT2D eigenvalue weighted by atomic mass is 10.1. The summed E-state index contributed by atoms with van der Waals surface area (Å²) in [4.78, 5) is 0. The van der Waals surface area contributed by atoms with Gasteiger partial charge < -0.3 is 4.74 Å². The number of benzene rings is 1. The molecule has 0 heterocycles. The van der Waals surface area contributed by atoms with Crippen molar-refractivity contribution in [3.8, 4) is 0 Å². The Kier molecular flexibility index (Phi) is 4.50. The molecule has 1 aromatic rings. The van der Waals surface area contributed by atoms with Crippen LogP contribution in [0.1, 0.15) is 11.1 Å². The van der Waals surface area contributed by atoms with Crippen LogP contribution in [0.25, 0.3) is 6.08 Å². The molecule has 0 aromatic heterocycles. The van der Waals surface area contributed by atoms with Crippen molar-refractivity contribution in [3.63, 3.8) is 0 Å². The predicted octanol–water partition coefficient (Wildman–Crippen LogP) is 1.63. The molecule has 0 unspecified atom stereocenters. The molecule has 0 bridgehead atoms. The summed E-state index contributed by atoms with van der Waals surface area (Å²) in [6.45, 7) is 5.34. The van der Waals surface area contributed by atoms with Crippen LogP contribution in [0.5, 0.6) is 0 Å². The van der Waals surface area contributed by atoms with E-state index in [2.05, 4.69) is 30.8 Å². The summed E-state index contributed by atoms with van der Waals surface area (Å²) in [6, 6.07) is 9.51. The summed E-state index contributed by atoms with van der Waals surface area (Å²) in [5, 5.41) is 0. The summed E-state index contributed by atoms with van der Waals surface area (Å²) in [5.41, 5.74) is 2.40. The largest absolute Gasteiger partial charge is 0.377 e. The topological polar surface area (TPSA) is 9.23 Å². The third kappa shape index (κ3) is 3.57. The highest BCUT2D eigenvalue weighted by molar-refractivity contribution is 6.08. The van der Waals surface area contributed by atoms with E-state index in [-0.39, 0.29) is 0 Å². The van der Waals surface area contributed by atoms with Crippen molar-refractivity contribution in [2.75, 3.05) is 6.61 Å². The first-order chi connectivity index (χ1) is 6.36. The van der Waals surface area contributed by atoms with Gasteiger partial charge in [-0.1, -0.05) is 36.9 Å². The van der Waals surface area contributed by atoms with Crippen LogP contribution < -0.4 is 0 Å². The van der Waals surface area contributed by atoms with Gasteiger partial charge in [0.15, 0.2) is 0 Å². The summed E-state index contributed by atoms with van der Waals surface area (Å²) >= 11 is 0. The molecule has 0 N–H and O–H groups in total. The van der Waals surface area contributed by atoms with Gasteiger partial charge in [0.25, 0.3) is 0 Å².